The smallest absolute Gasteiger partial charge is 0.134 e. The minimum atomic E-state index is 0.213. The van der Waals surface area contributed by atoms with E-state index in [2.05, 4.69) is 26.7 Å². The molecule has 1 aliphatic carbocycles. The van der Waals surface area contributed by atoms with Crippen molar-refractivity contribution in [2.75, 3.05) is 25.0 Å². The number of aliphatic hydroxyl groups is 1. The summed E-state index contributed by atoms with van der Waals surface area (Å²) in [6.07, 6.45) is 5.10. The lowest BCUT2D eigenvalue weighted by molar-refractivity contribution is 0.143. The predicted octanol–water partition coefficient (Wildman–Crippen LogP) is 1.71. The summed E-state index contributed by atoms with van der Waals surface area (Å²) in [7, 11) is 0. The van der Waals surface area contributed by atoms with Gasteiger partial charge in [-0.3, -0.25) is 4.90 Å². The van der Waals surface area contributed by atoms with Crippen LogP contribution in [0.15, 0.2) is 0 Å². The summed E-state index contributed by atoms with van der Waals surface area (Å²) < 4.78 is 4.02. The van der Waals surface area contributed by atoms with Gasteiger partial charge in [0.05, 0.1) is 6.61 Å². The van der Waals surface area contributed by atoms with Gasteiger partial charge >= 0.3 is 0 Å². The lowest BCUT2D eigenvalue weighted by atomic mass is 10.2. The molecule has 1 aromatic rings. The molecule has 102 valence electrons. The van der Waals surface area contributed by atoms with E-state index in [0.29, 0.717) is 6.04 Å². The van der Waals surface area contributed by atoms with Crippen molar-refractivity contribution in [3.63, 3.8) is 0 Å². The molecule has 0 aromatic carbocycles. The van der Waals surface area contributed by atoms with Crippen LogP contribution in [0.2, 0.25) is 0 Å². The van der Waals surface area contributed by atoms with Crippen LogP contribution in [0.3, 0.4) is 0 Å². The second-order valence-electron chi connectivity index (χ2n) is 4.71. The van der Waals surface area contributed by atoms with Gasteiger partial charge in [0.2, 0.25) is 0 Å². The largest absolute Gasteiger partial charge is 0.395 e. The first kappa shape index (κ1) is 13.7. The molecule has 0 unspecified atom stereocenters. The van der Waals surface area contributed by atoms with E-state index in [1.165, 1.54) is 37.2 Å². The van der Waals surface area contributed by atoms with Crippen LogP contribution in [0.1, 0.15) is 38.3 Å². The van der Waals surface area contributed by atoms with Gasteiger partial charge in [-0.15, -0.1) is 5.10 Å². The number of hydrogen-bond acceptors (Lipinski definition) is 6. The van der Waals surface area contributed by atoms with E-state index in [9.17, 15) is 5.11 Å². The SMILES string of the molecule is CCNc1snnc1CN(CCO)C1CCCC1. The van der Waals surface area contributed by atoms with Crippen LogP contribution in [0, 0.1) is 0 Å². The molecule has 1 aliphatic rings. The maximum Gasteiger partial charge on any atom is 0.134 e. The van der Waals surface area contributed by atoms with Crippen molar-refractivity contribution in [1.29, 1.82) is 0 Å². The molecule has 0 saturated heterocycles. The minimum Gasteiger partial charge on any atom is -0.395 e. The highest BCUT2D eigenvalue weighted by atomic mass is 32.1. The topological polar surface area (TPSA) is 61.3 Å². The van der Waals surface area contributed by atoms with E-state index in [1.807, 2.05) is 0 Å². The third kappa shape index (κ3) is 3.40. The molecule has 18 heavy (non-hydrogen) atoms. The number of aliphatic hydroxyl groups excluding tert-OH is 1. The Morgan fingerprint density at radius 3 is 2.89 bits per heavy atom. The van der Waals surface area contributed by atoms with Crippen molar-refractivity contribution >= 4 is 16.5 Å². The fraction of sp³-hybridized carbons (Fsp3) is 0.833. The average molecular weight is 270 g/mol. The Kier molecular flexibility index (Phi) is 5.34. The normalized spacial score (nSPS) is 16.6. The zero-order chi connectivity index (χ0) is 12.8. The number of hydrogen-bond donors (Lipinski definition) is 2. The van der Waals surface area contributed by atoms with Gasteiger partial charge in [0.15, 0.2) is 0 Å². The van der Waals surface area contributed by atoms with Crippen molar-refractivity contribution in [1.82, 2.24) is 14.5 Å². The molecule has 2 rings (SSSR count). The number of rotatable bonds is 7. The highest BCUT2D eigenvalue weighted by Gasteiger charge is 2.23. The number of nitrogens with zero attached hydrogens (tertiary/aromatic N) is 3. The first-order valence-electron chi connectivity index (χ1n) is 6.75. The number of anilines is 1. The standard InChI is InChI=1S/C12H22N4OS/c1-2-13-12-11(14-15-18-12)9-16(7-8-17)10-5-3-4-6-10/h10,13,17H,2-9H2,1H3. The van der Waals surface area contributed by atoms with Gasteiger partial charge in [-0.1, -0.05) is 17.3 Å². The Balaban J connectivity index is 2.00. The van der Waals surface area contributed by atoms with Crippen molar-refractivity contribution < 1.29 is 5.11 Å². The summed E-state index contributed by atoms with van der Waals surface area (Å²) in [5, 5.41) is 17.8. The predicted molar refractivity (Wildman–Crippen MR) is 73.8 cm³/mol. The minimum absolute atomic E-state index is 0.213. The molecule has 1 heterocycles. The van der Waals surface area contributed by atoms with Crippen LogP contribution in [-0.4, -0.2) is 45.3 Å². The molecule has 6 heteroatoms. The summed E-state index contributed by atoms with van der Waals surface area (Å²) in [5.74, 6) is 0. The molecular formula is C12H22N4OS. The molecular weight excluding hydrogens is 248 g/mol. The van der Waals surface area contributed by atoms with Crippen molar-refractivity contribution in [3.05, 3.63) is 5.69 Å². The Morgan fingerprint density at radius 2 is 2.22 bits per heavy atom. The van der Waals surface area contributed by atoms with E-state index in [4.69, 9.17) is 0 Å². The van der Waals surface area contributed by atoms with E-state index in [-0.39, 0.29) is 6.61 Å². The molecule has 1 saturated carbocycles. The summed E-state index contributed by atoms with van der Waals surface area (Å²) in [6, 6.07) is 0.605. The third-order valence-electron chi connectivity index (χ3n) is 3.47. The van der Waals surface area contributed by atoms with Crippen LogP contribution in [-0.2, 0) is 6.54 Å². The van der Waals surface area contributed by atoms with Gasteiger partial charge in [0.25, 0.3) is 0 Å². The van der Waals surface area contributed by atoms with Crippen LogP contribution < -0.4 is 5.32 Å². The Bertz CT molecular complexity index is 352. The van der Waals surface area contributed by atoms with E-state index in [0.717, 1.165) is 30.3 Å². The summed E-state index contributed by atoms with van der Waals surface area (Å²) in [6.45, 7) is 4.70. The van der Waals surface area contributed by atoms with Crippen LogP contribution in [0.25, 0.3) is 0 Å². The number of aromatic nitrogens is 2. The lowest BCUT2D eigenvalue weighted by Gasteiger charge is -2.27. The summed E-state index contributed by atoms with van der Waals surface area (Å²) in [5.41, 5.74) is 1.02. The van der Waals surface area contributed by atoms with E-state index >= 15 is 0 Å². The monoisotopic (exact) mass is 270 g/mol. The fourth-order valence-electron chi connectivity index (χ4n) is 2.59. The van der Waals surface area contributed by atoms with Crippen LogP contribution >= 0.6 is 11.5 Å². The van der Waals surface area contributed by atoms with Crippen LogP contribution in [0.4, 0.5) is 5.00 Å². The quantitative estimate of drug-likeness (QED) is 0.790. The first-order chi connectivity index (χ1) is 8.85. The molecule has 5 nitrogen and oxygen atoms in total. The van der Waals surface area contributed by atoms with Crippen molar-refractivity contribution in [2.45, 2.75) is 45.2 Å². The zero-order valence-corrected chi connectivity index (χ0v) is 11.7. The van der Waals surface area contributed by atoms with E-state index < -0.39 is 0 Å². The molecule has 1 fully saturated rings. The summed E-state index contributed by atoms with van der Waals surface area (Å²) >= 11 is 1.42. The molecule has 0 radical (unpaired) electrons. The second kappa shape index (κ2) is 7.01. The maximum atomic E-state index is 9.21. The number of nitrogens with one attached hydrogen (secondary N) is 1. The fourth-order valence-corrected chi connectivity index (χ4v) is 3.23. The van der Waals surface area contributed by atoms with E-state index in [1.54, 1.807) is 0 Å². The van der Waals surface area contributed by atoms with Crippen molar-refractivity contribution in [3.8, 4) is 0 Å². The summed E-state index contributed by atoms with van der Waals surface area (Å²) in [4.78, 5) is 2.35. The zero-order valence-electron chi connectivity index (χ0n) is 10.9. The van der Waals surface area contributed by atoms with Gasteiger partial charge < -0.3 is 10.4 Å². The lowest BCUT2D eigenvalue weighted by Crippen LogP contribution is -2.35. The Labute approximate surface area is 112 Å². The van der Waals surface area contributed by atoms with Crippen LogP contribution in [0.5, 0.6) is 0 Å². The van der Waals surface area contributed by atoms with Gasteiger partial charge in [0.1, 0.15) is 10.7 Å². The van der Waals surface area contributed by atoms with Crippen molar-refractivity contribution in [2.24, 2.45) is 0 Å². The maximum absolute atomic E-state index is 9.21. The Hall–Kier alpha value is -0.720. The van der Waals surface area contributed by atoms with Gasteiger partial charge in [0, 0.05) is 37.2 Å². The first-order valence-corrected chi connectivity index (χ1v) is 7.52. The molecule has 0 atom stereocenters. The molecule has 0 aliphatic heterocycles. The highest BCUT2D eigenvalue weighted by Crippen LogP contribution is 2.26. The molecule has 1 aromatic heterocycles. The highest BCUT2D eigenvalue weighted by molar-refractivity contribution is 7.10. The second-order valence-corrected chi connectivity index (χ2v) is 5.47. The van der Waals surface area contributed by atoms with Gasteiger partial charge in [-0.25, -0.2) is 0 Å². The molecule has 0 bridgehead atoms. The molecule has 0 spiro atoms. The van der Waals surface area contributed by atoms with Gasteiger partial charge in [-0.05, 0) is 19.8 Å². The third-order valence-corrected chi connectivity index (χ3v) is 4.20. The molecule has 2 N–H and O–H groups in total. The average Bonchev–Trinajstić information content (AvgIpc) is 3.01. The van der Waals surface area contributed by atoms with Gasteiger partial charge in [-0.2, -0.15) is 0 Å². The molecule has 0 amide bonds. The Morgan fingerprint density at radius 1 is 1.44 bits per heavy atom.